The van der Waals surface area contributed by atoms with Crippen LogP contribution >= 0.6 is 0 Å². The Balaban J connectivity index is 2.17. The molecule has 0 aromatic heterocycles. The highest BCUT2D eigenvalue weighted by Crippen LogP contribution is 2.42. The van der Waals surface area contributed by atoms with Gasteiger partial charge in [-0.1, -0.05) is 0 Å². The van der Waals surface area contributed by atoms with Crippen molar-refractivity contribution in [1.82, 2.24) is 5.32 Å². The third-order valence-corrected chi connectivity index (χ3v) is 3.41. The third-order valence-electron chi connectivity index (χ3n) is 3.41. The minimum absolute atomic E-state index is 0.230. The van der Waals surface area contributed by atoms with Crippen LogP contribution in [-0.4, -0.2) is 49.6 Å². The van der Waals surface area contributed by atoms with Crippen molar-refractivity contribution in [2.24, 2.45) is 5.41 Å². The highest BCUT2D eigenvalue weighted by atomic mass is 16.5. The number of hydrogen-bond acceptors (Lipinski definition) is 5. The Morgan fingerprint density at radius 3 is 2.73 bits per heavy atom. The zero-order chi connectivity index (χ0) is 10.9. The summed E-state index contributed by atoms with van der Waals surface area (Å²) in [5.74, 6) is -0.309. The summed E-state index contributed by atoms with van der Waals surface area (Å²) in [6, 6.07) is 0. The van der Waals surface area contributed by atoms with Crippen LogP contribution < -0.4 is 5.32 Å². The summed E-state index contributed by atoms with van der Waals surface area (Å²) in [6.45, 7) is 3.81. The molecule has 0 bridgehead atoms. The Morgan fingerprint density at radius 2 is 2.33 bits per heavy atom. The Hall–Kier alpha value is -0.650. The van der Waals surface area contributed by atoms with Gasteiger partial charge < -0.3 is 19.9 Å². The lowest BCUT2D eigenvalue weighted by atomic mass is 9.67. The molecule has 1 unspecified atom stereocenters. The molecule has 0 aromatic carbocycles. The maximum Gasteiger partial charge on any atom is 0.317 e. The SMILES string of the molecule is CCOC(=O)C1(C2(O)CCOC2)CNC1. The highest BCUT2D eigenvalue weighted by molar-refractivity contribution is 5.80. The van der Waals surface area contributed by atoms with Gasteiger partial charge in [-0.25, -0.2) is 0 Å². The molecule has 0 saturated carbocycles. The summed E-state index contributed by atoms with van der Waals surface area (Å²) >= 11 is 0. The molecule has 5 nitrogen and oxygen atoms in total. The van der Waals surface area contributed by atoms with Crippen LogP contribution in [0, 0.1) is 5.41 Å². The molecule has 0 radical (unpaired) electrons. The van der Waals surface area contributed by atoms with Gasteiger partial charge in [0, 0.05) is 26.1 Å². The molecular formula is C10H17NO4. The van der Waals surface area contributed by atoms with E-state index in [-0.39, 0.29) is 12.6 Å². The molecule has 2 fully saturated rings. The number of nitrogens with one attached hydrogen (secondary N) is 1. The number of ether oxygens (including phenoxy) is 2. The average Bonchev–Trinajstić information content (AvgIpc) is 2.51. The van der Waals surface area contributed by atoms with Gasteiger partial charge in [0.1, 0.15) is 11.0 Å². The van der Waals surface area contributed by atoms with E-state index < -0.39 is 11.0 Å². The molecule has 0 aliphatic carbocycles. The molecule has 2 rings (SSSR count). The number of carbonyl (C=O) groups excluding carboxylic acids is 1. The van der Waals surface area contributed by atoms with Gasteiger partial charge in [-0.2, -0.15) is 0 Å². The lowest BCUT2D eigenvalue weighted by Gasteiger charge is -2.48. The molecule has 15 heavy (non-hydrogen) atoms. The summed E-state index contributed by atoms with van der Waals surface area (Å²) in [5, 5.41) is 13.4. The first-order valence-electron chi connectivity index (χ1n) is 5.33. The smallest absolute Gasteiger partial charge is 0.317 e. The van der Waals surface area contributed by atoms with Gasteiger partial charge in [0.15, 0.2) is 0 Å². The van der Waals surface area contributed by atoms with Crippen molar-refractivity contribution in [2.45, 2.75) is 18.9 Å². The Kier molecular flexibility index (Phi) is 2.70. The first-order chi connectivity index (χ1) is 7.15. The zero-order valence-electron chi connectivity index (χ0n) is 8.91. The topological polar surface area (TPSA) is 67.8 Å². The highest BCUT2D eigenvalue weighted by Gasteiger charge is 2.61. The van der Waals surface area contributed by atoms with Gasteiger partial charge in [0.05, 0.1) is 13.2 Å². The van der Waals surface area contributed by atoms with Gasteiger partial charge in [-0.05, 0) is 6.92 Å². The van der Waals surface area contributed by atoms with E-state index in [1.807, 2.05) is 0 Å². The lowest BCUT2D eigenvalue weighted by Crippen LogP contribution is -2.70. The second kappa shape index (κ2) is 3.73. The van der Waals surface area contributed by atoms with Crippen LogP contribution in [0.2, 0.25) is 0 Å². The van der Waals surface area contributed by atoms with Gasteiger partial charge in [-0.15, -0.1) is 0 Å². The third kappa shape index (κ3) is 1.46. The van der Waals surface area contributed by atoms with E-state index in [0.29, 0.717) is 32.7 Å². The van der Waals surface area contributed by atoms with Crippen LogP contribution in [0.5, 0.6) is 0 Å². The zero-order valence-corrected chi connectivity index (χ0v) is 8.91. The van der Waals surface area contributed by atoms with Gasteiger partial charge >= 0.3 is 5.97 Å². The molecule has 2 saturated heterocycles. The van der Waals surface area contributed by atoms with Crippen LogP contribution in [0.1, 0.15) is 13.3 Å². The first kappa shape index (κ1) is 10.9. The number of aliphatic hydroxyl groups is 1. The summed E-state index contributed by atoms with van der Waals surface area (Å²) in [5.41, 5.74) is -1.84. The summed E-state index contributed by atoms with van der Waals surface area (Å²) < 4.78 is 10.2. The Labute approximate surface area is 88.7 Å². The van der Waals surface area contributed by atoms with Crippen LogP contribution in [0.15, 0.2) is 0 Å². The van der Waals surface area contributed by atoms with E-state index >= 15 is 0 Å². The predicted molar refractivity (Wildman–Crippen MR) is 52.3 cm³/mol. The van der Waals surface area contributed by atoms with E-state index in [0.717, 1.165) is 0 Å². The maximum absolute atomic E-state index is 11.9. The fourth-order valence-electron chi connectivity index (χ4n) is 2.24. The fourth-order valence-corrected chi connectivity index (χ4v) is 2.24. The van der Waals surface area contributed by atoms with Gasteiger partial charge in [-0.3, -0.25) is 4.79 Å². The molecule has 2 aliphatic rings. The van der Waals surface area contributed by atoms with Crippen molar-refractivity contribution >= 4 is 5.97 Å². The normalized spacial score (nSPS) is 33.5. The molecule has 5 heteroatoms. The second-order valence-corrected chi connectivity index (χ2v) is 4.24. The van der Waals surface area contributed by atoms with E-state index in [1.165, 1.54) is 0 Å². The molecular weight excluding hydrogens is 198 g/mol. The van der Waals surface area contributed by atoms with Crippen molar-refractivity contribution in [3.63, 3.8) is 0 Å². The molecule has 0 spiro atoms. The summed E-state index contributed by atoms with van der Waals surface area (Å²) in [6.07, 6.45) is 0.507. The molecule has 0 aromatic rings. The number of rotatable bonds is 3. The maximum atomic E-state index is 11.9. The number of hydrogen-bond donors (Lipinski definition) is 2. The van der Waals surface area contributed by atoms with Crippen molar-refractivity contribution < 1.29 is 19.4 Å². The molecule has 1 atom stereocenters. The van der Waals surface area contributed by atoms with Crippen LogP contribution in [0.3, 0.4) is 0 Å². The minimum Gasteiger partial charge on any atom is -0.465 e. The van der Waals surface area contributed by atoms with Crippen molar-refractivity contribution in [3.8, 4) is 0 Å². The van der Waals surface area contributed by atoms with Gasteiger partial charge in [0.2, 0.25) is 0 Å². The van der Waals surface area contributed by atoms with Crippen LogP contribution in [-0.2, 0) is 14.3 Å². The molecule has 86 valence electrons. The standard InChI is InChI=1S/C10H17NO4/c1-2-15-8(12)9(5-11-6-9)10(13)3-4-14-7-10/h11,13H,2-7H2,1H3. The monoisotopic (exact) mass is 215 g/mol. The number of esters is 1. The van der Waals surface area contributed by atoms with Crippen molar-refractivity contribution in [3.05, 3.63) is 0 Å². The van der Waals surface area contributed by atoms with E-state index in [4.69, 9.17) is 9.47 Å². The average molecular weight is 215 g/mol. The van der Waals surface area contributed by atoms with Crippen LogP contribution in [0.4, 0.5) is 0 Å². The Morgan fingerprint density at radius 1 is 1.60 bits per heavy atom. The van der Waals surface area contributed by atoms with E-state index in [9.17, 15) is 9.90 Å². The predicted octanol–water partition coefficient (Wildman–Crippen LogP) is -0.709. The van der Waals surface area contributed by atoms with Crippen molar-refractivity contribution in [2.75, 3.05) is 32.9 Å². The molecule has 2 aliphatic heterocycles. The second-order valence-electron chi connectivity index (χ2n) is 4.24. The molecule has 0 amide bonds. The first-order valence-corrected chi connectivity index (χ1v) is 5.33. The van der Waals surface area contributed by atoms with Crippen molar-refractivity contribution in [1.29, 1.82) is 0 Å². The van der Waals surface area contributed by atoms with E-state index in [1.54, 1.807) is 6.92 Å². The largest absolute Gasteiger partial charge is 0.465 e. The minimum atomic E-state index is -1.05. The summed E-state index contributed by atoms with van der Waals surface area (Å²) in [7, 11) is 0. The number of carbonyl (C=O) groups is 1. The molecule has 2 N–H and O–H groups in total. The lowest BCUT2D eigenvalue weighted by molar-refractivity contribution is -0.184. The Bertz CT molecular complexity index is 256. The molecule has 2 heterocycles. The van der Waals surface area contributed by atoms with Gasteiger partial charge in [0.25, 0.3) is 0 Å². The summed E-state index contributed by atoms with van der Waals surface area (Å²) in [4.78, 5) is 11.9. The fraction of sp³-hybridized carbons (Fsp3) is 0.900. The quantitative estimate of drug-likeness (QED) is 0.609. The van der Waals surface area contributed by atoms with Crippen LogP contribution in [0.25, 0.3) is 0 Å². The van der Waals surface area contributed by atoms with E-state index in [2.05, 4.69) is 5.32 Å².